The first-order chi connectivity index (χ1) is 21.3. The van der Waals surface area contributed by atoms with Gasteiger partial charge in [-0.15, -0.1) is 0 Å². The fourth-order valence-electron chi connectivity index (χ4n) is 6.49. The van der Waals surface area contributed by atoms with Gasteiger partial charge in [0.05, 0.1) is 18.4 Å². The van der Waals surface area contributed by atoms with Crippen molar-refractivity contribution >= 4 is 28.8 Å². The molecule has 11 heteroatoms. The van der Waals surface area contributed by atoms with Crippen LogP contribution >= 0.6 is 0 Å². The normalized spacial score (nSPS) is 23.6. The molecule has 4 N–H and O–H groups in total. The lowest BCUT2D eigenvalue weighted by Gasteiger charge is -2.23. The molecule has 4 aromatic rings. The van der Waals surface area contributed by atoms with Crippen molar-refractivity contribution in [3.8, 4) is 0 Å². The number of nitrogens with zero attached hydrogens (tertiary/aromatic N) is 6. The summed E-state index contributed by atoms with van der Waals surface area (Å²) in [4.78, 5) is 31.3. The predicted octanol–water partition coefficient (Wildman–Crippen LogP) is 2.77. The Morgan fingerprint density at radius 2 is 1.70 bits per heavy atom. The Bertz CT molecular complexity index is 1520. The maximum absolute atomic E-state index is 12.1. The van der Waals surface area contributed by atoms with Gasteiger partial charge >= 0.3 is 0 Å². The van der Waals surface area contributed by atoms with Crippen LogP contribution in [0.25, 0.3) is 11.2 Å². The van der Waals surface area contributed by atoms with Crippen molar-refractivity contribution in [3.05, 3.63) is 78.1 Å². The van der Waals surface area contributed by atoms with E-state index in [1.165, 1.54) is 11.1 Å². The van der Waals surface area contributed by atoms with Crippen LogP contribution in [0.5, 0.6) is 0 Å². The molecule has 11 nitrogen and oxygen atoms in total. The molecule has 0 bridgehead atoms. The summed E-state index contributed by atoms with van der Waals surface area (Å²) in [6.07, 6.45) is 1.15. The second-order valence-electron chi connectivity index (χ2n) is 12.1. The average molecular weight is 599 g/mol. The third-order valence-corrected chi connectivity index (χ3v) is 9.14. The highest BCUT2D eigenvalue weighted by Gasteiger charge is 2.44. The molecule has 6 rings (SSSR count). The zero-order valence-electron chi connectivity index (χ0n) is 25.5. The third kappa shape index (κ3) is 5.99. The van der Waals surface area contributed by atoms with E-state index in [-0.39, 0.29) is 11.8 Å². The Morgan fingerprint density at radius 3 is 2.32 bits per heavy atom. The summed E-state index contributed by atoms with van der Waals surface area (Å²) in [6, 6.07) is 20.2. The summed E-state index contributed by atoms with van der Waals surface area (Å²) in [7, 11) is 4.18. The van der Waals surface area contributed by atoms with Crippen molar-refractivity contribution in [2.75, 3.05) is 43.9 Å². The minimum absolute atomic E-state index is 0.0765. The Balaban J connectivity index is 1.36. The van der Waals surface area contributed by atoms with Gasteiger partial charge in [-0.05, 0) is 38.1 Å². The van der Waals surface area contributed by atoms with E-state index in [4.69, 9.17) is 15.0 Å². The number of imidazole rings is 1. The van der Waals surface area contributed by atoms with E-state index in [2.05, 4.69) is 83.1 Å². The second-order valence-corrected chi connectivity index (χ2v) is 12.1. The smallest absolute Gasteiger partial charge is 0.229 e. The van der Waals surface area contributed by atoms with Crippen molar-refractivity contribution in [2.45, 2.75) is 62.4 Å². The maximum atomic E-state index is 12.1. The van der Waals surface area contributed by atoms with Crippen molar-refractivity contribution in [1.29, 1.82) is 0 Å². The molecule has 1 saturated heterocycles. The van der Waals surface area contributed by atoms with Gasteiger partial charge in [-0.3, -0.25) is 4.79 Å². The number of hydrogen-bond donors (Lipinski definition) is 4. The van der Waals surface area contributed by atoms with Crippen molar-refractivity contribution < 1.29 is 15.0 Å². The van der Waals surface area contributed by atoms with Gasteiger partial charge in [0.1, 0.15) is 12.2 Å². The molecular weight excluding hydrogens is 556 g/mol. The van der Waals surface area contributed by atoms with E-state index >= 15 is 0 Å². The van der Waals surface area contributed by atoms with Crippen LogP contribution in [0.15, 0.2) is 67.0 Å². The number of rotatable bonds is 10. The van der Waals surface area contributed by atoms with Gasteiger partial charge in [0, 0.05) is 38.0 Å². The summed E-state index contributed by atoms with van der Waals surface area (Å²) < 4.78 is 1.84. The van der Waals surface area contributed by atoms with Crippen molar-refractivity contribution in [3.63, 3.8) is 0 Å². The van der Waals surface area contributed by atoms with Crippen LogP contribution in [0.4, 0.5) is 11.8 Å². The van der Waals surface area contributed by atoms with Crippen molar-refractivity contribution in [2.24, 2.45) is 0 Å². The van der Waals surface area contributed by atoms with E-state index < -0.39 is 24.3 Å². The van der Waals surface area contributed by atoms with Crippen LogP contribution in [0.1, 0.15) is 49.3 Å². The van der Waals surface area contributed by atoms with E-state index in [1.54, 1.807) is 13.3 Å². The molecule has 2 aromatic heterocycles. The molecule has 0 radical (unpaired) electrons. The molecule has 2 fully saturated rings. The monoisotopic (exact) mass is 598 g/mol. The lowest BCUT2D eigenvalue weighted by atomic mass is 9.91. The number of likely N-dealkylation sites (N-methyl/N-ethyl adjacent to an activating group) is 1. The number of aromatic nitrogens is 4. The number of aliphatic hydroxyl groups is 2. The lowest BCUT2D eigenvalue weighted by molar-refractivity contribution is -0.122. The molecule has 1 amide bonds. The zero-order chi connectivity index (χ0) is 30.8. The Kier molecular flexibility index (Phi) is 8.79. The highest BCUT2D eigenvalue weighted by atomic mass is 16.3. The Labute approximate surface area is 258 Å². The van der Waals surface area contributed by atoms with Crippen LogP contribution in [0.3, 0.4) is 0 Å². The molecule has 0 unspecified atom stereocenters. The minimum Gasteiger partial charge on any atom is -0.388 e. The summed E-state index contributed by atoms with van der Waals surface area (Å²) in [6.45, 7) is 3.98. The van der Waals surface area contributed by atoms with E-state index in [0.717, 1.165) is 19.5 Å². The fraction of sp³-hybridized carbons (Fsp3) is 0.455. The lowest BCUT2D eigenvalue weighted by Crippen LogP contribution is -2.42. The third-order valence-electron chi connectivity index (χ3n) is 9.14. The number of amides is 1. The highest BCUT2D eigenvalue weighted by Crippen LogP contribution is 2.35. The predicted molar refractivity (Wildman–Crippen MR) is 171 cm³/mol. The molecule has 0 spiro atoms. The van der Waals surface area contributed by atoms with Crippen molar-refractivity contribution in [1.82, 2.24) is 29.7 Å². The Morgan fingerprint density at radius 1 is 1.02 bits per heavy atom. The van der Waals surface area contributed by atoms with Gasteiger partial charge in [-0.25, -0.2) is 4.98 Å². The topological polar surface area (TPSA) is 132 Å². The van der Waals surface area contributed by atoms with Crippen LogP contribution in [-0.4, -0.2) is 98.6 Å². The number of aliphatic hydroxyl groups excluding tert-OH is 2. The molecular formula is C33H42N8O3. The number of carbonyl (C=O) groups is 1. The van der Waals surface area contributed by atoms with Gasteiger partial charge in [0.15, 0.2) is 17.0 Å². The summed E-state index contributed by atoms with van der Waals surface area (Å²) >= 11 is 0. The molecule has 3 heterocycles. The molecule has 1 aliphatic carbocycles. The largest absolute Gasteiger partial charge is 0.388 e. The quantitative estimate of drug-likeness (QED) is 0.218. The summed E-state index contributed by atoms with van der Waals surface area (Å²) in [5.74, 6) is 1.14. The molecule has 2 aromatic carbocycles. The van der Waals surface area contributed by atoms with Crippen LogP contribution in [-0.2, 0) is 4.79 Å². The molecule has 44 heavy (non-hydrogen) atoms. The standard InChI is InChI=1S/C33H42N8O3/c1-4-27(42)36-25-17-26(30(44)29(25)43)41-20-35-28-31(37-33(38-32(28)41)40-16-15-23(19-40)39(2)3)34-18-24(21-11-7-5-8-12-21)22-13-9-6-10-14-22/h5-14,20,23-26,29-30,43-44H,4,15-19H2,1-3H3,(H,36,42)(H,34,37,38)/t23-,25+,26-,29-,30+/m1/s1. The van der Waals surface area contributed by atoms with E-state index in [1.807, 2.05) is 16.7 Å². The maximum Gasteiger partial charge on any atom is 0.229 e. The summed E-state index contributed by atoms with van der Waals surface area (Å²) in [5.41, 5.74) is 3.57. The zero-order valence-corrected chi connectivity index (χ0v) is 25.5. The number of anilines is 2. The first kappa shape index (κ1) is 30.0. The van der Waals surface area contributed by atoms with E-state index in [0.29, 0.717) is 48.4 Å². The first-order valence-corrected chi connectivity index (χ1v) is 15.5. The molecule has 1 saturated carbocycles. The van der Waals surface area contributed by atoms with Crippen LogP contribution in [0.2, 0.25) is 0 Å². The van der Waals surface area contributed by atoms with Gasteiger partial charge in [0.25, 0.3) is 0 Å². The fourth-order valence-corrected chi connectivity index (χ4v) is 6.49. The average Bonchev–Trinajstić information content (AvgIpc) is 3.77. The van der Waals surface area contributed by atoms with Gasteiger partial charge < -0.3 is 35.2 Å². The molecule has 232 valence electrons. The van der Waals surface area contributed by atoms with E-state index in [9.17, 15) is 15.0 Å². The number of nitrogens with one attached hydrogen (secondary N) is 2. The minimum atomic E-state index is -1.09. The number of benzene rings is 2. The molecule has 2 aliphatic rings. The molecule has 1 aliphatic heterocycles. The Hall–Kier alpha value is -4.06. The number of fused-ring (bicyclic) bond motifs is 1. The summed E-state index contributed by atoms with van der Waals surface area (Å²) in [5, 5.41) is 28.4. The number of carbonyl (C=O) groups excluding carboxylic acids is 1. The first-order valence-electron chi connectivity index (χ1n) is 15.5. The van der Waals surface area contributed by atoms with Gasteiger partial charge in [-0.2, -0.15) is 9.97 Å². The second kappa shape index (κ2) is 12.9. The van der Waals surface area contributed by atoms with Crippen LogP contribution < -0.4 is 15.5 Å². The van der Waals surface area contributed by atoms with Gasteiger partial charge in [0.2, 0.25) is 11.9 Å². The molecule has 5 atom stereocenters. The number of hydrogen-bond acceptors (Lipinski definition) is 9. The van der Waals surface area contributed by atoms with Crippen LogP contribution in [0, 0.1) is 0 Å². The highest BCUT2D eigenvalue weighted by molar-refractivity contribution is 5.84. The van der Waals surface area contributed by atoms with Gasteiger partial charge in [-0.1, -0.05) is 67.6 Å². The SMILES string of the molecule is CCC(=O)N[C@H]1C[C@@H](n2cnc3c(NCC(c4ccccc4)c4ccccc4)nc(N4CC[C@@H](N(C)C)C4)nc32)[C@H](O)[C@@H]1O.